The second-order valence-corrected chi connectivity index (χ2v) is 7.41. The predicted molar refractivity (Wildman–Crippen MR) is 107 cm³/mol. The van der Waals surface area contributed by atoms with Gasteiger partial charge in [0.2, 0.25) is 11.8 Å². The number of carbonyl (C=O) groups is 2. The summed E-state index contributed by atoms with van der Waals surface area (Å²) in [5, 5.41) is 5.34. The SMILES string of the molecule is Cc1cc(NC(=O)CNC(=O)[C@@H](N)C(C)C)ccc1OCCN1CCCC1. The molecule has 1 aromatic rings. The highest BCUT2D eigenvalue weighted by Gasteiger charge is 2.17. The molecular weight excluding hydrogens is 344 g/mol. The summed E-state index contributed by atoms with van der Waals surface area (Å²) >= 11 is 0. The number of benzene rings is 1. The van der Waals surface area contributed by atoms with Crippen LogP contribution >= 0.6 is 0 Å². The van der Waals surface area contributed by atoms with E-state index in [9.17, 15) is 9.59 Å². The zero-order chi connectivity index (χ0) is 19.8. The van der Waals surface area contributed by atoms with E-state index in [-0.39, 0.29) is 24.3 Å². The lowest BCUT2D eigenvalue weighted by molar-refractivity contribution is -0.125. The summed E-state index contributed by atoms with van der Waals surface area (Å²) in [5.41, 5.74) is 7.39. The minimum atomic E-state index is -0.614. The molecule has 1 heterocycles. The van der Waals surface area contributed by atoms with Gasteiger partial charge in [0.15, 0.2) is 0 Å². The van der Waals surface area contributed by atoms with Crippen LogP contribution in [0.5, 0.6) is 5.75 Å². The van der Waals surface area contributed by atoms with Gasteiger partial charge in [0.05, 0.1) is 12.6 Å². The molecule has 7 nitrogen and oxygen atoms in total. The van der Waals surface area contributed by atoms with Crippen molar-refractivity contribution in [3.63, 3.8) is 0 Å². The summed E-state index contributed by atoms with van der Waals surface area (Å²) in [6.07, 6.45) is 2.55. The fraction of sp³-hybridized carbons (Fsp3) is 0.600. The van der Waals surface area contributed by atoms with E-state index in [4.69, 9.17) is 10.5 Å². The van der Waals surface area contributed by atoms with Gasteiger partial charge >= 0.3 is 0 Å². The van der Waals surface area contributed by atoms with Gasteiger partial charge in [-0.1, -0.05) is 13.8 Å². The van der Waals surface area contributed by atoms with Crippen molar-refractivity contribution in [2.24, 2.45) is 11.7 Å². The number of ether oxygens (including phenoxy) is 1. The van der Waals surface area contributed by atoms with Crippen LogP contribution in [0.1, 0.15) is 32.3 Å². The molecule has 2 rings (SSSR count). The van der Waals surface area contributed by atoms with Gasteiger partial charge < -0.3 is 21.1 Å². The highest BCUT2D eigenvalue weighted by atomic mass is 16.5. The van der Waals surface area contributed by atoms with Crippen LogP contribution in [-0.4, -0.2) is 55.5 Å². The van der Waals surface area contributed by atoms with Crippen LogP contribution in [0.4, 0.5) is 5.69 Å². The van der Waals surface area contributed by atoms with Crippen molar-refractivity contribution in [2.75, 3.05) is 38.1 Å². The van der Waals surface area contributed by atoms with E-state index in [1.807, 2.05) is 32.9 Å². The number of likely N-dealkylation sites (tertiary alicyclic amines) is 1. The largest absolute Gasteiger partial charge is 0.492 e. The van der Waals surface area contributed by atoms with Crippen molar-refractivity contribution in [3.05, 3.63) is 23.8 Å². The molecule has 1 fully saturated rings. The number of amides is 2. The zero-order valence-electron chi connectivity index (χ0n) is 16.6. The van der Waals surface area contributed by atoms with E-state index in [2.05, 4.69) is 15.5 Å². The average Bonchev–Trinajstić information content (AvgIpc) is 3.14. The number of aryl methyl sites for hydroxylation is 1. The molecule has 1 aromatic carbocycles. The Morgan fingerprint density at radius 1 is 1.26 bits per heavy atom. The van der Waals surface area contributed by atoms with E-state index in [0.717, 1.165) is 30.9 Å². The van der Waals surface area contributed by atoms with Crippen LogP contribution in [-0.2, 0) is 9.59 Å². The fourth-order valence-corrected chi connectivity index (χ4v) is 2.97. The molecule has 1 atom stereocenters. The van der Waals surface area contributed by atoms with E-state index < -0.39 is 6.04 Å². The lowest BCUT2D eigenvalue weighted by Gasteiger charge is -2.17. The van der Waals surface area contributed by atoms with Crippen LogP contribution < -0.4 is 21.1 Å². The maximum atomic E-state index is 12.0. The van der Waals surface area contributed by atoms with Gasteiger partial charge in [-0.05, 0) is 62.5 Å². The van der Waals surface area contributed by atoms with E-state index in [1.165, 1.54) is 12.8 Å². The summed E-state index contributed by atoms with van der Waals surface area (Å²) < 4.78 is 5.86. The molecular formula is C20H32N4O3. The van der Waals surface area contributed by atoms with Crippen molar-refractivity contribution in [3.8, 4) is 5.75 Å². The first kappa shape index (κ1) is 21.2. The Morgan fingerprint density at radius 2 is 1.96 bits per heavy atom. The lowest BCUT2D eigenvalue weighted by Crippen LogP contribution is -2.46. The molecule has 4 N–H and O–H groups in total. The third kappa shape index (κ3) is 6.84. The number of hydrogen-bond donors (Lipinski definition) is 3. The van der Waals surface area contributed by atoms with Crippen LogP contribution in [0, 0.1) is 12.8 Å². The molecule has 0 radical (unpaired) electrons. The molecule has 0 bridgehead atoms. The predicted octanol–water partition coefficient (Wildman–Crippen LogP) is 1.51. The van der Waals surface area contributed by atoms with Crippen molar-refractivity contribution < 1.29 is 14.3 Å². The number of anilines is 1. The van der Waals surface area contributed by atoms with Crippen LogP contribution in [0.15, 0.2) is 18.2 Å². The van der Waals surface area contributed by atoms with Gasteiger partial charge in [-0.2, -0.15) is 0 Å². The number of nitrogens with zero attached hydrogens (tertiary/aromatic N) is 1. The second kappa shape index (κ2) is 10.3. The topological polar surface area (TPSA) is 96.7 Å². The molecule has 1 aliphatic rings. The third-order valence-corrected chi connectivity index (χ3v) is 4.77. The summed E-state index contributed by atoms with van der Waals surface area (Å²) in [4.78, 5) is 26.2. The molecule has 0 unspecified atom stereocenters. The maximum absolute atomic E-state index is 12.0. The first-order valence-corrected chi connectivity index (χ1v) is 9.65. The van der Waals surface area contributed by atoms with Gasteiger partial charge in [-0.25, -0.2) is 0 Å². The Labute approximate surface area is 161 Å². The van der Waals surface area contributed by atoms with Crippen molar-refractivity contribution in [1.82, 2.24) is 10.2 Å². The molecule has 7 heteroatoms. The Hall–Kier alpha value is -2.12. The van der Waals surface area contributed by atoms with Gasteiger partial charge in [0, 0.05) is 12.2 Å². The number of hydrogen-bond acceptors (Lipinski definition) is 5. The lowest BCUT2D eigenvalue weighted by atomic mass is 10.1. The first-order valence-electron chi connectivity index (χ1n) is 9.65. The summed E-state index contributed by atoms with van der Waals surface area (Å²) in [6, 6.07) is 4.92. The monoisotopic (exact) mass is 376 g/mol. The Bertz CT molecular complexity index is 642. The molecule has 0 aliphatic carbocycles. The highest BCUT2D eigenvalue weighted by molar-refractivity contribution is 5.95. The van der Waals surface area contributed by atoms with Crippen molar-refractivity contribution in [1.29, 1.82) is 0 Å². The molecule has 27 heavy (non-hydrogen) atoms. The smallest absolute Gasteiger partial charge is 0.243 e. The average molecular weight is 377 g/mol. The van der Waals surface area contributed by atoms with Gasteiger partial charge in [0.1, 0.15) is 12.4 Å². The third-order valence-electron chi connectivity index (χ3n) is 4.77. The number of carbonyl (C=O) groups excluding carboxylic acids is 2. The van der Waals surface area contributed by atoms with E-state index in [1.54, 1.807) is 6.07 Å². The molecule has 150 valence electrons. The zero-order valence-corrected chi connectivity index (χ0v) is 16.6. The Morgan fingerprint density at radius 3 is 2.59 bits per heavy atom. The van der Waals surface area contributed by atoms with Crippen LogP contribution in [0.25, 0.3) is 0 Å². The van der Waals surface area contributed by atoms with E-state index in [0.29, 0.717) is 12.3 Å². The van der Waals surface area contributed by atoms with Crippen molar-refractivity contribution in [2.45, 2.75) is 39.7 Å². The van der Waals surface area contributed by atoms with Gasteiger partial charge in [0.25, 0.3) is 0 Å². The summed E-state index contributed by atoms with van der Waals surface area (Å²) in [6.45, 7) is 9.49. The molecule has 0 aromatic heterocycles. The normalized spacial score (nSPS) is 15.6. The van der Waals surface area contributed by atoms with Crippen LogP contribution in [0.3, 0.4) is 0 Å². The standard InChI is InChI=1S/C20H32N4O3/c1-14(2)19(21)20(26)22-13-18(25)23-16-6-7-17(15(3)12-16)27-11-10-24-8-4-5-9-24/h6-7,12,14,19H,4-5,8-11,13,21H2,1-3H3,(H,22,26)(H,23,25)/t19-/m0/s1. The van der Waals surface area contributed by atoms with Gasteiger partial charge in [-0.3, -0.25) is 14.5 Å². The Balaban J connectivity index is 1.76. The minimum Gasteiger partial charge on any atom is -0.492 e. The fourth-order valence-electron chi connectivity index (χ4n) is 2.97. The maximum Gasteiger partial charge on any atom is 0.243 e. The summed E-state index contributed by atoms with van der Waals surface area (Å²) in [7, 11) is 0. The molecule has 1 saturated heterocycles. The summed E-state index contributed by atoms with van der Waals surface area (Å²) in [5.74, 6) is 0.233. The quantitative estimate of drug-likeness (QED) is 0.607. The molecule has 2 amide bonds. The molecule has 0 saturated carbocycles. The minimum absolute atomic E-state index is 0.0220. The van der Waals surface area contributed by atoms with E-state index >= 15 is 0 Å². The number of nitrogens with two attached hydrogens (primary N) is 1. The van der Waals surface area contributed by atoms with Crippen molar-refractivity contribution >= 4 is 17.5 Å². The molecule has 0 spiro atoms. The second-order valence-electron chi connectivity index (χ2n) is 7.41. The Kier molecular flexibility index (Phi) is 8.06. The number of nitrogens with one attached hydrogen (secondary N) is 2. The van der Waals surface area contributed by atoms with Gasteiger partial charge in [-0.15, -0.1) is 0 Å². The molecule has 1 aliphatic heterocycles. The number of rotatable bonds is 9. The first-order chi connectivity index (χ1) is 12.9. The highest BCUT2D eigenvalue weighted by Crippen LogP contribution is 2.22. The van der Waals surface area contributed by atoms with Crippen LogP contribution in [0.2, 0.25) is 0 Å².